The molecular formula is C17H19ClN4OS2. The average molecular weight is 395 g/mol. The Kier molecular flexibility index (Phi) is 4.64. The SMILES string of the molecule is NC1=NC(c2sc(-c3cncnc3)cc2Cl)CS(=O)C12CCCCC2. The van der Waals surface area contributed by atoms with E-state index < -0.39 is 15.5 Å². The molecule has 2 aromatic heterocycles. The minimum atomic E-state index is -1.02. The average Bonchev–Trinajstić information content (AvgIpc) is 3.03. The van der Waals surface area contributed by atoms with Crippen LogP contribution in [0.15, 0.2) is 29.8 Å². The molecule has 3 heterocycles. The molecule has 5 nitrogen and oxygen atoms in total. The van der Waals surface area contributed by atoms with Crippen LogP contribution in [0.4, 0.5) is 0 Å². The highest BCUT2D eigenvalue weighted by molar-refractivity contribution is 7.87. The summed E-state index contributed by atoms with van der Waals surface area (Å²) < 4.78 is 12.6. The first-order valence-corrected chi connectivity index (χ1v) is 10.9. The molecule has 2 aromatic rings. The molecule has 2 aliphatic rings. The molecule has 1 saturated carbocycles. The predicted molar refractivity (Wildman–Crippen MR) is 104 cm³/mol. The quantitative estimate of drug-likeness (QED) is 0.841. The zero-order valence-corrected chi connectivity index (χ0v) is 16.0. The van der Waals surface area contributed by atoms with Crippen LogP contribution in [0.25, 0.3) is 10.4 Å². The van der Waals surface area contributed by atoms with Crippen LogP contribution in [0.2, 0.25) is 5.02 Å². The molecule has 25 heavy (non-hydrogen) atoms. The predicted octanol–water partition coefficient (Wildman–Crippen LogP) is 3.72. The van der Waals surface area contributed by atoms with Crippen LogP contribution < -0.4 is 5.73 Å². The summed E-state index contributed by atoms with van der Waals surface area (Å²) in [5, 5.41) is 0.641. The van der Waals surface area contributed by atoms with E-state index in [0.717, 1.165) is 41.0 Å². The highest BCUT2D eigenvalue weighted by Gasteiger charge is 2.46. The van der Waals surface area contributed by atoms with Crippen LogP contribution in [-0.4, -0.2) is 30.5 Å². The van der Waals surface area contributed by atoms with Crippen molar-refractivity contribution in [2.45, 2.75) is 42.9 Å². The second-order valence-electron chi connectivity index (χ2n) is 6.55. The number of halogens is 1. The van der Waals surface area contributed by atoms with Gasteiger partial charge in [0.25, 0.3) is 0 Å². The van der Waals surface area contributed by atoms with Crippen molar-refractivity contribution < 1.29 is 4.21 Å². The van der Waals surface area contributed by atoms with Crippen LogP contribution in [0.1, 0.15) is 43.0 Å². The van der Waals surface area contributed by atoms with Gasteiger partial charge in [-0.15, -0.1) is 11.3 Å². The van der Waals surface area contributed by atoms with Gasteiger partial charge in [0, 0.05) is 38.5 Å². The molecule has 0 amide bonds. The molecule has 1 fully saturated rings. The van der Waals surface area contributed by atoms with Crippen molar-refractivity contribution in [2.24, 2.45) is 10.7 Å². The van der Waals surface area contributed by atoms with Crippen molar-refractivity contribution in [3.8, 4) is 10.4 Å². The monoisotopic (exact) mass is 394 g/mol. The molecule has 8 heteroatoms. The van der Waals surface area contributed by atoms with Gasteiger partial charge >= 0.3 is 0 Å². The van der Waals surface area contributed by atoms with Gasteiger partial charge in [0.2, 0.25) is 0 Å². The normalized spacial score (nSPS) is 25.7. The van der Waals surface area contributed by atoms with Gasteiger partial charge in [0.15, 0.2) is 0 Å². The molecule has 1 aliphatic carbocycles. The van der Waals surface area contributed by atoms with Gasteiger partial charge in [0.1, 0.15) is 16.9 Å². The first-order chi connectivity index (χ1) is 12.1. The van der Waals surface area contributed by atoms with Crippen LogP contribution in [0, 0.1) is 0 Å². The summed E-state index contributed by atoms with van der Waals surface area (Å²) in [4.78, 5) is 14.7. The smallest absolute Gasteiger partial charge is 0.115 e. The van der Waals surface area contributed by atoms with Gasteiger partial charge < -0.3 is 5.73 Å². The summed E-state index contributed by atoms with van der Waals surface area (Å²) >= 11 is 8.01. The molecule has 2 unspecified atom stereocenters. The zero-order chi connectivity index (χ0) is 17.4. The topological polar surface area (TPSA) is 81.2 Å². The van der Waals surface area contributed by atoms with Crippen LogP contribution in [0.3, 0.4) is 0 Å². The number of aliphatic imine (C=N–C) groups is 1. The van der Waals surface area contributed by atoms with E-state index >= 15 is 0 Å². The second kappa shape index (κ2) is 6.78. The summed E-state index contributed by atoms with van der Waals surface area (Å²) in [6.45, 7) is 0. The molecule has 1 spiro atoms. The maximum atomic E-state index is 13.0. The number of aromatic nitrogens is 2. The van der Waals surface area contributed by atoms with E-state index in [0.29, 0.717) is 16.6 Å². The largest absolute Gasteiger partial charge is 0.386 e. The minimum absolute atomic E-state index is 0.232. The molecule has 0 radical (unpaired) electrons. The summed E-state index contributed by atoms with van der Waals surface area (Å²) in [5.74, 6) is 1.04. The fourth-order valence-corrected chi connectivity index (χ4v) is 7.13. The maximum absolute atomic E-state index is 13.0. The Hall–Kier alpha value is -1.31. The number of amidine groups is 1. The van der Waals surface area contributed by atoms with E-state index in [-0.39, 0.29) is 6.04 Å². The molecule has 0 bridgehead atoms. The highest BCUT2D eigenvalue weighted by atomic mass is 35.5. The Morgan fingerprint density at radius 1 is 1.24 bits per heavy atom. The molecule has 132 valence electrons. The van der Waals surface area contributed by atoms with Crippen molar-refractivity contribution in [1.29, 1.82) is 0 Å². The highest BCUT2D eigenvalue weighted by Crippen LogP contribution is 2.44. The Bertz CT molecular complexity index is 830. The number of nitrogens with zero attached hydrogens (tertiary/aromatic N) is 3. The fraction of sp³-hybridized carbons (Fsp3) is 0.471. The van der Waals surface area contributed by atoms with Crippen molar-refractivity contribution in [1.82, 2.24) is 9.97 Å². The van der Waals surface area contributed by atoms with E-state index in [9.17, 15) is 4.21 Å². The zero-order valence-electron chi connectivity index (χ0n) is 13.7. The summed E-state index contributed by atoms with van der Waals surface area (Å²) in [7, 11) is -1.02. The number of hydrogen-bond acceptors (Lipinski definition) is 6. The van der Waals surface area contributed by atoms with Crippen LogP contribution >= 0.6 is 22.9 Å². The lowest BCUT2D eigenvalue weighted by atomic mass is 9.87. The van der Waals surface area contributed by atoms with E-state index in [4.69, 9.17) is 22.3 Å². The lowest BCUT2D eigenvalue weighted by Gasteiger charge is -2.39. The molecule has 2 N–H and O–H groups in total. The Morgan fingerprint density at radius 3 is 2.64 bits per heavy atom. The van der Waals surface area contributed by atoms with Gasteiger partial charge in [-0.05, 0) is 18.9 Å². The third kappa shape index (κ3) is 3.02. The van der Waals surface area contributed by atoms with E-state index in [1.165, 1.54) is 12.7 Å². The summed E-state index contributed by atoms with van der Waals surface area (Å²) in [6.07, 6.45) is 10.1. The minimum Gasteiger partial charge on any atom is -0.386 e. The summed E-state index contributed by atoms with van der Waals surface area (Å²) in [5.41, 5.74) is 7.24. The molecule has 1 aliphatic heterocycles. The second-order valence-corrected chi connectivity index (χ2v) is 9.84. The van der Waals surface area contributed by atoms with Gasteiger partial charge in [0.05, 0.1) is 16.8 Å². The van der Waals surface area contributed by atoms with Crippen LogP contribution in [0.5, 0.6) is 0 Å². The van der Waals surface area contributed by atoms with E-state index in [1.807, 2.05) is 6.07 Å². The third-order valence-corrected chi connectivity index (χ3v) is 8.85. The van der Waals surface area contributed by atoms with Gasteiger partial charge in [-0.3, -0.25) is 9.20 Å². The molecule has 0 saturated heterocycles. The van der Waals surface area contributed by atoms with Gasteiger partial charge in [-0.1, -0.05) is 30.9 Å². The van der Waals surface area contributed by atoms with Gasteiger partial charge in [-0.25, -0.2) is 9.97 Å². The Balaban J connectivity index is 1.67. The maximum Gasteiger partial charge on any atom is 0.115 e. The summed E-state index contributed by atoms with van der Waals surface area (Å²) in [6, 6.07) is 1.67. The lowest BCUT2D eigenvalue weighted by Crippen LogP contribution is -2.53. The lowest BCUT2D eigenvalue weighted by molar-refractivity contribution is 0.450. The van der Waals surface area contributed by atoms with E-state index in [2.05, 4.69) is 9.97 Å². The Morgan fingerprint density at radius 2 is 1.96 bits per heavy atom. The number of rotatable bonds is 2. The first-order valence-electron chi connectivity index (χ1n) is 8.37. The number of thiophene rings is 1. The van der Waals surface area contributed by atoms with E-state index in [1.54, 1.807) is 23.7 Å². The van der Waals surface area contributed by atoms with Crippen molar-refractivity contribution >= 4 is 39.6 Å². The number of nitrogens with two attached hydrogens (primary N) is 1. The standard InChI is InChI=1S/C17H19ClN4OS2/c18-12-6-14(11-7-20-10-21-8-11)24-15(12)13-9-25(23)17(16(19)22-13)4-2-1-3-5-17/h6-8,10,13H,1-5,9H2,(H2,19,22). The Labute approximate surface area is 158 Å². The molecule has 2 atom stereocenters. The third-order valence-electron chi connectivity index (χ3n) is 5.03. The van der Waals surface area contributed by atoms with Crippen molar-refractivity contribution in [3.63, 3.8) is 0 Å². The molecule has 0 aromatic carbocycles. The number of hydrogen-bond donors (Lipinski definition) is 1. The molecule has 4 rings (SSSR count). The molecular weight excluding hydrogens is 376 g/mol. The fourth-order valence-electron chi connectivity index (χ4n) is 3.66. The van der Waals surface area contributed by atoms with Crippen LogP contribution in [-0.2, 0) is 10.8 Å². The first kappa shape index (κ1) is 17.1. The van der Waals surface area contributed by atoms with Gasteiger partial charge in [-0.2, -0.15) is 0 Å². The van der Waals surface area contributed by atoms with Crippen molar-refractivity contribution in [3.05, 3.63) is 34.7 Å². The van der Waals surface area contributed by atoms with Crippen molar-refractivity contribution in [2.75, 3.05) is 5.75 Å².